The smallest absolute Gasteiger partial charge is 0.406 e. The average Bonchev–Trinajstić information content (AvgIpc) is 2.66. The summed E-state index contributed by atoms with van der Waals surface area (Å²) in [6.07, 6.45) is -0.819. The van der Waals surface area contributed by atoms with E-state index in [1.807, 2.05) is 31.2 Å². The molecule has 3 atom stereocenters. The summed E-state index contributed by atoms with van der Waals surface area (Å²) in [5.41, 5.74) is 1.93. The molecule has 0 aliphatic heterocycles. The van der Waals surface area contributed by atoms with E-state index in [2.05, 4.69) is 16.4 Å². The molecule has 0 radical (unpaired) electrons. The molecule has 0 saturated heterocycles. The third-order valence-corrected chi connectivity index (χ3v) is 7.08. The molecule has 0 spiro atoms. The van der Waals surface area contributed by atoms with Crippen molar-refractivity contribution in [1.82, 2.24) is 4.72 Å². The van der Waals surface area contributed by atoms with Crippen LogP contribution in [0.1, 0.15) is 49.8 Å². The Morgan fingerprint density at radius 3 is 2.33 bits per heavy atom. The monoisotopic (exact) mass is 441 g/mol. The standard InChI is InChI=1S/C22H26F3NO3S/c1-15-6-5-8-17(14-15)21(20-9-4-3-7-16(20)2)26-30(27,28)19-12-10-18(11-13-19)29-22(23,24)25/h3-4,7,9-13,15,17,21,26H,5-6,8,14H2,1-2H3. The predicted molar refractivity (Wildman–Crippen MR) is 108 cm³/mol. The minimum atomic E-state index is -4.83. The van der Waals surface area contributed by atoms with Gasteiger partial charge in [0.2, 0.25) is 10.0 Å². The number of halogens is 3. The summed E-state index contributed by atoms with van der Waals surface area (Å²) in [4.78, 5) is -0.0977. The molecule has 0 bridgehead atoms. The molecule has 30 heavy (non-hydrogen) atoms. The van der Waals surface area contributed by atoms with Gasteiger partial charge in [-0.15, -0.1) is 13.2 Å². The van der Waals surface area contributed by atoms with Crippen molar-refractivity contribution >= 4 is 10.0 Å². The Morgan fingerprint density at radius 2 is 1.73 bits per heavy atom. The summed E-state index contributed by atoms with van der Waals surface area (Å²) >= 11 is 0. The molecule has 164 valence electrons. The van der Waals surface area contributed by atoms with Gasteiger partial charge in [0.25, 0.3) is 0 Å². The van der Waals surface area contributed by atoms with Crippen LogP contribution in [-0.4, -0.2) is 14.8 Å². The highest BCUT2D eigenvalue weighted by Gasteiger charge is 2.33. The summed E-state index contributed by atoms with van der Waals surface area (Å²) in [7, 11) is -3.94. The Labute approximate surface area is 175 Å². The first kappa shape index (κ1) is 22.6. The minimum absolute atomic E-state index is 0.0977. The molecular weight excluding hydrogens is 415 g/mol. The number of aryl methyl sites for hydroxylation is 1. The quantitative estimate of drug-likeness (QED) is 0.622. The SMILES string of the molecule is Cc1ccccc1C(NS(=O)(=O)c1ccc(OC(F)(F)F)cc1)C1CCCC(C)C1. The van der Waals surface area contributed by atoms with Crippen molar-refractivity contribution in [2.24, 2.45) is 11.8 Å². The largest absolute Gasteiger partial charge is 0.573 e. The lowest BCUT2D eigenvalue weighted by Crippen LogP contribution is -2.35. The van der Waals surface area contributed by atoms with Gasteiger partial charge in [0, 0.05) is 0 Å². The number of hydrogen-bond acceptors (Lipinski definition) is 3. The molecule has 1 fully saturated rings. The van der Waals surface area contributed by atoms with Crippen LogP contribution in [0.2, 0.25) is 0 Å². The first-order valence-corrected chi connectivity index (χ1v) is 11.5. The summed E-state index contributed by atoms with van der Waals surface area (Å²) < 4.78 is 69.9. The second-order valence-corrected chi connectivity index (χ2v) is 9.72. The van der Waals surface area contributed by atoms with Crippen molar-refractivity contribution in [3.63, 3.8) is 0 Å². The Morgan fingerprint density at radius 1 is 1.07 bits per heavy atom. The summed E-state index contributed by atoms with van der Waals surface area (Å²) in [5.74, 6) is 0.203. The molecular formula is C22H26F3NO3S. The highest BCUT2D eigenvalue weighted by atomic mass is 32.2. The fraction of sp³-hybridized carbons (Fsp3) is 0.455. The van der Waals surface area contributed by atoms with Crippen molar-refractivity contribution in [2.45, 2.75) is 56.8 Å². The van der Waals surface area contributed by atoms with E-state index in [-0.39, 0.29) is 10.8 Å². The number of hydrogen-bond donors (Lipinski definition) is 1. The van der Waals surface area contributed by atoms with E-state index in [0.29, 0.717) is 5.92 Å². The van der Waals surface area contributed by atoms with E-state index >= 15 is 0 Å². The van der Waals surface area contributed by atoms with Gasteiger partial charge < -0.3 is 4.74 Å². The van der Waals surface area contributed by atoms with E-state index < -0.39 is 28.2 Å². The van der Waals surface area contributed by atoms with Gasteiger partial charge >= 0.3 is 6.36 Å². The lowest BCUT2D eigenvalue weighted by molar-refractivity contribution is -0.274. The molecule has 0 amide bonds. The fourth-order valence-electron chi connectivity index (χ4n) is 4.19. The predicted octanol–water partition coefficient (Wildman–Crippen LogP) is 5.74. The maximum atomic E-state index is 13.1. The molecule has 0 heterocycles. The molecule has 2 aromatic carbocycles. The third kappa shape index (κ3) is 5.76. The van der Waals surface area contributed by atoms with Crippen LogP contribution in [-0.2, 0) is 10.0 Å². The number of alkyl halides is 3. The van der Waals surface area contributed by atoms with Crippen molar-refractivity contribution in [3.8, 4) is 5.75 Å². The summed E-state index contributed by atoms with van der Waals surface area (Å²) in [5, 5.41) is 0. The maximum absolute atomic E-state index is 13.1. The van der Waals surface area contributed by atoms with Crippen LogP contribution in [0.25, 0.3) is 0 Å². The van der Waals surface area contributed by atoms with Crippen molar-refractivity contribution in [2.75, 3.05) is 0 Å². The van der Waals surface area contributed by atoms with Gasteiger partial charge in [0.1, 0.15) is 5.75 Å². The Hall–Kier alpha value is -2.06. The summed E-state index contributed by atoms with van der Waals surface area (Å²) in [6, 6.07) is 11.6. The van der Waals surface area contributed by atoms with Crippen molar-refractivity contribution in [1.29, 1.82) is 0 Å². The topological polar surface area (TPSA) is 55.4 Å². The summed E-state index contributed by atoms with van der Waals surface area (Å²) in [6.45, 7) is 4.13. The van der Waals surface area contributed by atoms with E-state index in [9.17, 15) is 21.6 Å². The van der Waals surface area contributed by atoms with Gasteiger partial charge in [0.15, 0.2) is 0 Å². The van der Waals surface area contributed by atoms with Gasteiger partial charge in [-0.25, -0.2) is 13.1 Å². The molecule has 3 rings (SSSR count). The first-order valence-electron chi connectivity index (χ1n) is 9.99. The zero-order valence-corrected chi connectivity index (χ0v) is 17.8. The molecule has 1 aliphatic carbocycles. The highest BCUT2D eigenvalue weighted by Crippen LogP contribution is 2.39. The van der Waals surface area contributed by atoms with E-state index in [1.165, 1.54) is 0 Å². The minimum Gasteiger partial charge on any atom is -0.406 e. The number of rotatable bonds is 6. The second-order valence-electron chi connectivity index (χ2n) is 8.01. The van der Waals surface area contributed by atoms with Crippen molar-refractivity contribution in [3.05, 3.63) is 59.7 Å². The van der Waals surface area contributed by atoms with Gasteiger partial charge in [-0.3, -0.25) is 0 Å². The van der Waals surface area contributed by atoms with E-state index in [0.717, 1.165) is 61.1 Å². The van der Waals surface area contributed by atoms with Crippen LogP contribution >= 0.6 is 0 Å². The molecule has 1 saturated carbocycles. The molecule has 1 N–H and O–H groups in total. The lowest BCUT2D eigenvalue weighted by atomic mass is 9.76. The Balaban J connectivity index is 1.88. The molecule has 1 aliphatic rings. The second kappa shape index (κ2) is 8.98. The Kier molecular flexibility index (Phi) is 6.77. The van der Waals surface area contributed by atoms with Crippen LogP contribution in [0.15, 0.2) is 53.4 Å². The normalized spacial score (nSPS) is 21.2. The van der Waals surface area contributed by atoms with Crippen molar-refractivity contribution < 1.29 is 26.3 Å². The average molecular weight is 442 g/mol. The van der Waals surface area contributed by atoms with Crippen LogP contribution in [0.5, 0.6) is 5.75 Å². The first-order chi connectivity index (χ1) is 14.0. The van der Waals surface area contributed by atoms with Crippen LogP contribution < -0.4 is 9.46 Å². The van der Waals surface area contributed by atoms with Gasteiger partial charge in [0.05, 0.1) is 10.9 Å². The number of sulfonamides is 1. The van der Waals surface area contributed by atoms with Crippen LogP contribution in [0, 0.1) is 18.8 Å². The molecule has 2 aromatic rings. The van der Waals surface area contributed by atoms with Crippen LogP contribution in [0.3, 0.4) is 0 Å². The zero-order chi connectivity index (χ0) is 21.9. The van der Waals surface area contributed by atoms with E-state index in [1.54, 1.807) is 0 Å². The molecule has 0 aromatic heterocycles. The van der Waals surface area contributed by atoms with Crippen LogP contribution in [0.4, 0.5) is 13.2 Å². The lowest BCUT2D eigenvalue weighted by Gasteiger charge is -2.34. The Bertz CT molecular complexity index is 958. The number of benzene rings is 2. The third-order valence-electron chi connectivity index (χ3n) is 5.62. The fourth-order valence-corrected chi connectivity index (χ4v) is 5.47. The zero-order valence-electron chi connectivity index (χ0n) is 16.9. The number of ether oxygens (including phenoxy) is 1. The van der Waals surface area contributed by atoms with E-state index in [4.69, 9.17) is 0 Å². The molecule has 4 nitrogen and oxygen atoms in total. The highest BCUT2D eigenvalue weighted by molar-refractivity contribution is 7.89. The molecule has 8 heteroatoms. The van der Waals surface area contributed by atoms with Gasteiger partial charge in [-0.2, -0.15) is 0 Å². The maximum Gasteiger partial charge on any atom is 0.573 e. The van der Waals surface area contributed by atoms with Gasteiger partial charge in [-0.1, -0.05) is 44.0 Å². The number of nitrogens with one attached hydrogen (secondary N) is 1. The van der Waals surface area contributed by atoms with Gasteiger partial charge in [-0.05, 0) is 67.0 Å². The molecule has 3 unspecified atom stereocenters.